The zero-order valence-electron chi connectivity index (χ0n) is 11.1. The second-order valence-electron chi connectivity index (χ2n) is 4.05. The lowest BCUT2D eigenvalue weighted by Gasteiger charge is -2.14. The molecule has 2 rings (SSSR count). The molecule has 0 aliphatic rings. The van der Waals surface area contributed by atoms with Gasteiger partial charge in [0.15, 0.2) is 5.13 Å². The zero-order valence-corrected chi connectivity index (χ0v) is 12.7. The van der Waals surface area contributed by atoms with Gasteiger partial charge in [-0.2, -0.15) is 0 Å². The van der Waals surface area contributed by atoms with Crippen LogP contribution in [0.15, 0.2) is 17.5 Å². The number of nitrogens with zero attached hydrogens (tertiary/aromatic N) is 1. The largest absolute Gasteiger partial charge is 0.465 e. The minimum Gasteiger partial charge on any atom is -0.465 e. The van der Waals surface area contributed by atoms with Gasteiger partial charge < -0.3 is 10.1 Å². The maximum Gasteiger partial charge on any atom is 0.350 e. The van der Waals surface area contributed by atoms with E-state index in [0.29, 0.717) is 10.6 Å². The summed E-state index contributed by atoms with van der Waals surface area (Å²) in [6.45, 7) is 3.94. The number of hydrogen-bond donors (Lipinski definition) is 1. The summed E-state index contributed by atoms with van der Waals surface area (Å²) in [5, 5.41) is 6.21. The molecule has 1 unspecified atom stereocenters. The van der Waals surface area contributed by atoms with E-state index in [1.807, 2.05) is 13.0 Å². The normalized spacial score (nSPS) is 12.2. The van der Waals surface area contributed by atoms with Crippen molar-refractivity contribution in [3.8, 4) is 0 Å². The molecule has 0 spiro atoms. The van der Waals surface area contributed by atoms with E-state index in [9.17, 15) is 4.79 Å². The van der Waals surface area contributed by atoms with E-state index in [1.165, 1.54) is 23.3 Å². The summed E-state index contributed by atoms with van der Waals surface area (Å²) < 4.78 is 4.74. The van der Waals surface area contributed by atoms with Crippen LogP contribution in [0.3, 0.4) is 0 Å². The van der Waals surface area contributed by atoms with E-state index in [4.69, 9.17) is 4.74 Å². The molecule has 4 nitrogen and oxygen atoms in total. The Morgan fingerprint density at radius 3 is 2.95 bits per heavy atom. The fourth-order valence-electron chi connectivity index (χ4n) is 1.75. The van der Waals surface area contributed by atoms with Gasteiger partial charge in [0, 0.05) is 4.88 Å². The highest BCUT2D eigenvalue weighted by molar-refractivity contribution is 7.17. The van der Waals surface area contributed by atoms with Crippen LogP contribution in [-0.2, 0) is 4.74 Å². The smallest absolute Gasteiger partial charge is 0.350 e. The monoisotopic (exact) mass is 296 g/mol. The van der Waals surface area contributed by atoms with Crippen LogP contribution in [0.25, 0.3) is 0 Å². The molecule has 0 fully saturated rings. The SMILES string of the molecule is CCC(Nc1nc(C)c(C(=O)OC)s1)c1cccs1. The number of aryl methyl sites for hydroxylation is 1. The number of thiazole rings is 1. The van der Waals surface area contributed by atoms with Crippen molar-refractivity contribution in [3.63, 3.8) is 0 Å². The summed E-state index contributed by atoms with van der Waals surface area (Å²) in [4.78, 5) is 17.8. The van der Waals surface area contributed by atoms with Gasteiger partial charge >= 0.3 is 5.97 Å². The van der Waals surface area contributed by atoms with E-state index < -0.39 is 0 Å². The van der Waals surface area contributed by atoms with Crippen LogP contribution in [0.1, 0.15) is 39.6 Å². The number of carbonyl (C=O) groups is 1. The van der Waals surface area contributed by atoms with E-state index in [2.05, 4.69) is 28.7 Å². The lowest BCUT2D eigenvalue weighted by atomic mass is 10.2. The summed E-state index contributed by atoms with van der Waals surface area (Å²) >= 11 is 3.06. The molecular formula is C13H16N2O2S2. The summed E-state index contributed by atoms with van der Waals surface area (Å²) in [6.07, 6.45) is 0.965. The number of anilines is 1. The third-order valence-electron chi connectivity index (χ3n) is 2.76. The second kappa shape index (κ2) is 6.16. The molecule has 6 heteroatoms. The number of ether oxygens (including phenoxy) is 1. The van der Waals surface area contributed by atoms with Gasteiger partial charge in [0.05, 0.1) is 18.8 Å². The third kappa shape index (κ3) is 3.13. The Hall–Kier alpha value is -1.40. The molecule has 0 amide bonds. The number of hydrogen-bond acceptors (Lipinski definition) is 6. The minimum absolute atomic E-state index is 0.232. The van der Waals surface area contributed by atoms with Crippen molar-refractivity contribution in [1.29, 1.82) is 0 Å². The van der Waals surface area contributed by atoms with Crippen molar-refractivity contribution in [2.45, 2.75) is 26.3 Å². The van der Waals surface area contributed by atoms with Crippen molar-refractivity contribution >= 4 is 33.8 Å². The van der Waals surface area contributed by atoms with Crippen LogP contribution < -0.4 is 5.32 Å². The van der Waals surface area contributed by atoms with Crippen LogP contribution in [0.4, 0.5) is 5.13 Å². The molecule has 0 aliphatic carbocycles. The van der Waals surface area contributed by atoms with Crippen LogP contribution >= 0.6 is 22.7 Å². The first-order chi connectivity index (χ1) is 9.15. The van der Waals surface area contributed by atoms with Gasteiger partial charge in [-0.3, -0.25) is 0 Å². The van der Waals surface area contributed by atoms with Gasteiger partial charge in [-0.1, -0.05) is 24.3 Å². The van der Waals surface area contributed by atoms with Crippen molar-refractivity contribution in [1.82, 2.24) is 4.98 Å². The Bertz CT molecular complexity index is 549. The van der Waals surface area contributed by atoms with Crippen molar-refractivity contribution in [2.24, 2.45) is 0 Å². The maximum absolute atomic E-state index is 11.6. The Kier molecular flexibility index (Phi) is 4.55. The second-order valence-corrected chi connectivity index (χ2v) is 6.02. The zero-order chi connectivity index (χ0) is 13.8. The van der Waals surface area contributed by atoms with Crippen molar-refractivity contribution < 1.29 is 9.53 Å². The summed E-state index contributed by atoms with van der Waals surface area (Å²) in [7, 11) is 1.38. The molecule has 2 aromatic heterocycles. The number of rotatable bonds is 5. The molecule has 1 atom stereocenters. The first-order valence-corrected chi connectivity index (χ1v) is 7.71. The Morgan fingerprint density at radius 1 is 1.58 bits per heavy atom. The predicted molar refractivity (Wildman–Crippen MR) is 79.2 cm³/mol. The van der Waals surface area contributed by atoms with Crippen LogP contribution in [0.2, 0.25) is 0 Å². The fourth-order valence-corrected chi connectivity index (χ4v) is 3.55. The molecule has 0 saturated heterocycles. The number of esters is 1. The molecule has 2 aromatic rings. The Morgan fingerprint density at radius 2 is 2.37 bits per heavy atom. The van der Waals surface area contributed by atoms with E-state index >= 15 is 0 Å². The molecule has 0 aromatic carbocycles. The van der Waals surface area contributed by atoms with Crippen LogP contribution in [0.5, 0.6) is 0 Å². The van der Waals surface area contributed by atoms with Gasteiger partial charge in [0.2, 0.25) is 0 Å². The lowest BCUT2D eigenvalue weighted by Crippen LogP contribution is -2.07. The molecule has 19 heavy (non-hydrogen) atoms. The molecule has 0 saturated carbocycles. The highest BCUT2D eigenvalue weighted by atomic mass is 32.1. The molecule has 0 bridgehead atoms. The Labute approximate surface area is 120 Å². The summed E-state index contributed by atoms with van der Waals surface area (Å²) in [5.41, 5.74) is 0.709. The maximum atomic E-state index is 11.6. The fraction of sp³-hybridized carbons (Fsp3) is 0.385. The highest BCUT2D eigenvalue weighted by Gasteiger charge is 2.18. The first-order valence-electron chi connectivity index (χ1n) is 6.01. The van der Waals surface area contributed by atoms with Gasteiger partial charge in [0.1, 0.15) is 4.88 Å². The average Bonchev–Trinajstić information content (AvgIpc) is 3.04. The summed E-state index contributed by atoms with van der Waals surface area (Å²) in [6, 6.07) is 4.38. The van der Waals surface area contributed by atoms with Gasteiger partial charge in [-0.25, -0.2) is 9.78 Å². The number of carbonyl (C=O) groups excluding carboxylic acids is 1. The van der Waals surface area contributed by atoms with Gasteiger partial charge in [-0.05, 0) is 24.8 Å². The van der Waals surface area contributed by atoms with Crippen molar-refractivity contribution in [3.05, 3.63) is 33.0 Å². The van der Waals surface area contributed by atoms with Crippen LogP contribution in [-0.4, -0.2) is 18.1 Å². The van der Waals surface area contributed by atoms with Crippen LogP contribution in [0, 0.1) is 6.92 Å². The molecule has 0 radical (unpaired) electrons. The standard InChI is InChI=1S/C13H16N2O2S2/c1-4-9(10-6-5-7-18-10)15-13-14-8(2)11(19-13)12(16)17-3/h5-7,9H,4H2,1-3H3,(H,14,15). The molecule has 102 valence electrons. The van der Waals surface area contributed by atoms with E-state index in [1.54, 1.807) is 11.3 Å². The highest BCUT2D eigenvalue weighted by Crippen LogP contribution is 2.30. The third-order valence-corrected chi connectivity index (χ3v) is 4.81. The topological polar surface area (TPSA) is 51.2 Å². The average molecular weight is 296 g/mol. The first kappa shape index (κ1) is 14.0. The van der Waals surface area contributed by atoms with Gasteiger partial charge in [0.25, 0.3) is 0 Å². The molecule has 0 aliphatic heterocycles. The van der Waals surface area contributed by atoms with Crippen molar-refractivity contribution in [2.75, 3.05) is 12.4 Å². The van der Waals surface area contributed by atoms with E-state index in [0.717, 1.165) is 11.6 Å². The predicted octanol–water partition coefficient (Wildman–Crippen LogP) is 3.86. The quantitative estimate of drug-likeness (QED) is 0.851. The molecular weight excluding hydrogens is 280 g/mol. The number of methoxy groups -OCH3 is 1. The lowest BCUT2D eigenvalue weighted by molar-refractivity contribution is 0.0605. The molecule has 2 heterocycles. The number of aromatic nitrogens is 1. The van der Waals surface area contributed by atoms with E-state index in [-0.39, 0.29) is 12.0 Å². The minimum atomic E-state index is -0.327. The summed E-state index contributed by atoms with van der Waals surface area (Å²) in [5.74, 6) is -0.327. The number of thiophene rings is 1. The number of nitrogens with one attached hydrogen (secondary N) is 1. The van der Waals surface area contributed by atoms with Gasteiger partial charge in [-0.15, -0.1) is 11.3 Å². The Balaban J connectivity index is 2.17. The molecule has 1 N–H and O–H groups in total.